The van der Waals surface area contributed by atoms with Crippen LogP contribution in [0.15, 0.2) is 36.4 Å². The molecule has 0 aliphatic heterocycles. The molecule has 8 heteroatoms. The molecule has 56 heavy (non-hydrogen) atoms. The average Bonchev–Trinajstić information content (AvgIpc) is 4.05. The van der Waals surface area contributed by atoms with Gasteiger partial charge < -0.3 is 0 Å². The lowest BCUT2D eigenvalue weighted by molar-refractivity contribution is 0.556. The predicted molar refractivity (Wildman–Crippen MR) is 259 cm³/mol. The number of benzene rings is 1. The summed E-state index contributed by atoms with van der Waals surface area (Å²) >= 11 is 11.4. The zero-order valence-corrected chi connectivity index (χ0v) is 39.3. The summed E-state index contributed by atoms with van der Waals surface area (Å²) in [7, 11) is 0. The molecule has 0 aliphatic rings. The Hall–Kier alpha value is -1.94. The highest BCUT2D eigenvalue weighted by Crippen LogP contribution is 2.52. The maximum Gasteiger partial charge on any atom is 0.113 e. The minimum atomic E-state index is 1.05. The molecule has 6 aromatic heterocycles. The van der Waals surface area contributed by atoms with Crippen molar-refractivity contribution in [2.75, 3.05) is 0 Å². The predicted octanol–water partition coefficient (Wildman–Crippen LogP) is 18.8. The Kier molecular flexibility index (Phi) is 16.1. The summed E-state index contributed by atoms with van der Waals surface area (Å²) in [4.78, 5) is 8.70. The first-order valence-electron chi connectivity index (χ1n) is 21.9. The number of fused-ring (bicyclic) bond motifs is 4. The maximum atomic E-state index is 4.78. The molecule has 0 fully saturated rings. The van der Waals surface area contributed by atoms with E-state index < -0.39 is 0 Å². The zero-order valence-electron chi connectivity index (χ0n) is 34.4. The van der Waals surface area contributed by atoms with E-state index in [0.29, 0.717) is 0 Å². The Balaban J connectivity index is 1.05. The fraction of sp³-hybridized carbons (Fsp3) is 0.542. The van der Waals surface area contributed by atoms with Crippen LogP contribution in [0.25, 0.3) is 59.8 Å². The van der Waals surface area contributed by atoms with Gasteiger partial charge in [0.2, 0.25) is 0 Å². The Bertz CT molecular complexity index is 2250. The minimum Gasteiger partial charge on any atom is -0.173 e. The molecular weight excluding hydrogens is 797 g/mol. The number of hydrogen-bond acceptors (Lipinski definition) is 8. The third-order valence-electron chi connectivity index (χ3n) is 11.5. The third kappa shape index (κ3) is 10.6. The van der Waals surface area contributed by atoms with Gasteiger partial charge in [-0.1, -0.05) is 142 Å². The highest BCUT2D eigenvalue weighted by molar-refractivity contribution is 7.41. The van der Waals surface area contributed by atoms with Gasteiger partial charge in [-0.25, -0.2) is 0 Å². The highest BCUT2D eigenvalue weighted by atomic mass is 32.1. The molecule has 0 unspecified atom stereocenters. The number of nitrogens with zero attached hydrogens (tertiary/aromatic N) is 2. The van der Waals surface area contributed by atoms with E-state index in [1.54, 1.807) is 5.56 Å². The van der Waals surface area contributed by atoms with Crippen molar-refractivity contribution in [1.82, 2.24) is 8.75 Å². The number of unbranched alkanes of at least 4 members (excludes halogenated alkanes) is 18. The molecule has 7 rings (SSSR count). The number of thiophene rings is 5. The van der Waals surface area contributed by atoms with E-state index in [1.807, 2.05) is 56.7 Å². The second kappa shape index (κ2) is 21.4. The SMILES string of the molecule is CCCCCCCCCCCCc1cc(C)sc1-c1cc2sc3cc(-c4sc(-c5ccc(C)c6nsnc56)cc4CCCCCCCCCCCC)sc3c2s1. The lowest BCUT2D eigenvalue weighted by atomic mass is 10.0. The van der Waals surface area contributed by atoms with Crippen molar-refractivity contribution in [1.29, 1.82) is 0 Å². The van der Waals surface area contributed by atoms with Gasteiger partial charge in [-0.2, -0.15) is 8.75 Å². The second-order valence-corrected chi connectivity index (χ2v) is 22.2. The second-order valence-electron chi connectivity index (χ2n) is 16.1. The highest BCUT2D eigenvalue weighted by Gasteiger charge is 2.21. The van der Waals surface area contributed by atoms with Crippen LogP contribution in [0.1, 0.15) is 164 Å². The first kappa shape index (κ1) is 42.2. The molecule has 0 spiro atoms. The Morgan fingerprint density at radius 2 is 0.929 bits per heavy atom. The third-order valence-corrected chi connectivity index (χ3v) is 18.5. The molecule has 6 heterocycles. The first-order valence-corrected chi connectivity index (χ1v) is 26.8. The van der Waals surface area contributed by atoms with Gasteiger partial charge in [0.1, 0.15) is 11.0 Å². The largest absolute Gasteiger partial charge is 0.173 e. The molecule has 0 radical (unpaired) electrons. The number of hydrogen-bond donors (Lipinski definition) is 0. The van der Waals surface area contributed by atoms with E-state index in [-0.39, 0.29) is 0 Å². The van der Waals surface area contributed by atoms with E-state index in [4.69, 9.17) is 4.37 Å². The molecule has 0 amide bonds. The monoisotopic (exact) mass is 858 g/mol. The van der Waals surface area contributed by atoms with Crippen LogP contribution >= 0.6 is 68.4 Å². The lowest BCUT2D eigenvalue weighted by Crippen LogP contribution is -1.87. The smallest absolute Gasteiger partial charge is 0.113 e. The summed E-state index contributed by atoms with van der Waals surface area (Å²) in [5, 5.41) is 0. The lowest BCUT2D eigenvalue weighted by Gasteiger charge is -2.04. The van der Waals surface area contributed by atoms with Crippen LogP contribution in [0.5, 0.6) is 0 Å². The van der Waals surface area contributed by atoms with Gasteiger partial charge >= 0.3 is 0 Å². The van der Waals surface area contributed by atoms with Crippen LogP contribution in [0.4, 0.5) is 0 Å². The van der Waals surface area contributed by atoms with Crippen molar-refractivity contribution < 1.29 is 0 Å². The minimum absolute atomic E-state index is 1.05. The molecule has 7 aromatic rings. The van der Waals surface area contributed by atoms with Gasteiger partial charge in [0.05, 0.1) is 21.1 Å². The van der Waals surface area contributed by atoms with Gasteiger partial charge in [-0.3, -0.25) is 0 Å². The van der Waals surface area contributed by atoms with Crippen molar-refractivity contribution in [2.24, 2.45) is 0 Å². The van der Waals surface area contributed by atoms with Crippen molar-refractivity contribution >= 4 is 98.2 Å². The molecule has 0 saturated carbocycles. The van der Waals surface area contributed by atoms with Crippen LogP contribution < -0.4 is 0 Å². The summed E-state index contributed by atoms with van der Waals surface area (Å²) in [6, 6.07) is 14.5. The van der Waals surface area contributed by atoms with E-state index in [1.165, 1.54) is 211 Å². The van der Waals surface area contributed by atoms with Gasteiger partial charge in [0.15, 0.2) is 0 Å². The fourth-order valence-electron chi connectivity index (χ4n) is 8.27. The molecular formula is C48H62N2S6. The number of aryl methyl sites for hydroxylation is 4. The average molecular weight is 859 g/mol. The van der Waals surface area contributed by atoms with Crippen LogP contribution in [0.2, 0.25) is 0 Å². The summed E-state index contributed by atoms with van der Waals surface area (Å²) in [5.74, 6) is 0. The fourth-order valence-corrected chi connectivity index (χ4v) is 15.5. The molecule has 2 nitrogen and oxygen atoms in total. The zero-order chi connectivity index (χ0) is 38.7. The summed E-state index contributed by atoms with van der Waals surface area (Å²) in [6.07, 6.45) is 30.0. The van der Waals surface area contributed by atoms with Crippen molar-refractivity contribution in [3.8, 4) is 29.9 Å². The Morgan fingerprint density at radius 3 is 1.48 bits per heavy atom. The van der Waals surface area contributed by atoms with Gasteiger partial charge in [-0.15, -0.1) is 56.7 Å². The molecule has 0 atom stereocenters. The van der Waals surface area contributed by atoms with Crippen LogP contribution in [0, 0.1) is 13.8 Å². The summed E-state index contributed by atoms with van der Waals surface area (Å²) < 4.78 is 15.3. The van der Waals surface area contributed by atoms with E-state index in [2.05, 4.69) is 68.5 Å². The van der Waals surface area contributed by atoms with Gasteiger partial charge in [0.25, 0.3) is 0 Å². The normalized spacial score (nSPS) is 12.1. The maximum absolute atomic E-state index is 4.78. The molecule has 1 aromatic carbocycles. The van der Waals surface area contributed by atoms with Crippen LogP contribution in [-0.2, 0) is 12.8 Å². The van der Waals surface area contributed by atoms with E-state index in [0.717, 1.165) is 17.5 Å². The van der Waals surface area contributed by atoms with Crippen molar-refractivity contribution in [3.63, 3.8) is 0 Å². The van der Waals surface area contributed by atoms with Gasteiger partial charge in [0, 0.05) is 44.2 Å². The number of rotatable bonds is 25. The van der Waals surface area contributed by atoms with Gasteiger partial charge in [-0.05, 0) is 80.5 Å². The van der Waals surface area contributed by atoms with Crippen molar-refractivity contribution in [3.05, 3.63) is 58.0 Å². The van der Waals surface area contributed by atoms with Crippen LogP contribution in [-0.4, -0.2) is 8.75 Å². The first-order chi connectivity index (χ1) is 27.5. The topological polar surface area (TPSA) is 25.8 Å². The Morgan fingerprint density at radius 1 is 0.446 bits per heavy atom. The van der Waals surface area contributed by atoms with Crippen LogP contribution in [0.3, 0.4) is 0 Å². The Labute approximate surface area is 361 Å². The molecule has 0 aliphatic carbocycles. The summed E-state index contributed by atoms with van der Waals surface area (Å²) in [5.41, 5.74) is 7.66. The summed E-state index contributed by atoms with van der Waals surface area (Å²) in [6.45, 7) is 9.06. The molecule has 300 valence electrons. The van der Waals surface area contributed by atoms with E-state index >= 15 is 0 Å². The molecule has 0 bridgehead atoms. The van der Waals surface area contributed by atoms with E-state index in [9.17, 15) is 0 Å². The molecule has 0 N–H and O–H groups in total. The van der Waals surface area contributed by atoms with Crippen molar-refractivity contribution in [2.45, 2.75) is 169 Å². The molecule has 0 saturated heterocycles. The quantitative estimate of drug-likeness (QED) is 0.0535. The standard InChI is InChI=1S/C48H62N2S6/c1-5-7-9-11-13-15-17-19-21-23-25-35-29-34(4)51-45(35)39-31-41-47(54-39)48-42(52-41)32-40(55-48)46-36(26-24-22-20-18-16-14-12-10-8-6-2)30-38(53-46)37-28-27-33(3)43-44(37)50-56-49-43/h27-32H,5-26H2,1-4H3. The number of aromatic nitrogens is 2.